The molecule has 178 valence electrons. The molecule has 1 heterocycles. The van der Waals surface area contributed by atoms with Crippen LogP contribution in [0.3, 0.4) is 0 Å². The van der Waals surface area contributed by atoms with Crippen molar-refractivity contribution in [2.24, 2.45) is 0 Å². The van der Waals surface area contributed by atoms with Crippen molar-refractivity contribution < 1.29 is 33.3 Å². The second-order valence-electron chi connectivity index (χ2n) is 6.58. The van der Waals surface area contributed by atoms with Gasteiger partial charge in [0.2, 0.25) is 0 Å². The van der Waals surface area contributed by atoms with Crippen LogP contribution in [-0.4, -0.2) is 55.0 Å². The highest BCUT2D eigenvalue weighted by atomic mass is 79.9. The van der Waals surface area contributed by atoms with Crippen molar-refractivity contribution in [3.63, 3.8) is 0 Å². The van der Waals surface area contributed by atoms with Gasteiger partial charge in [0.1, 0.15) is 5.75 Å². The van der Waals surface area contributed by atoms with Crippen molar-refractivity contribution in [1.29, 1.82) is 0 Å². The van der Waals surface area contributed by atoms with E-state index in [0.717, 1.165) is 16.8 Å². The molecule has 0 radical (unpaired) electrons. The van der Waals surface area contributed by atoms with E-state index in [9.17, 15) is 14.4 Å². The molecule has 0 saturated carbocycles. The summed E-state index contributed by atoms with van der Waals surface area (Å²) in [4.78, 5) is 37.1. The summed E-state index contributed by atoms with van der Waals surface area (Å²) < 4.78 is 21.2. The number of thioether (sulfide) groups is 1. The van der Waals surface area contributed by atoms with Gasteiger partial charge in [0.05, 0.1) is 26.2 Å². The Hall–Kier alpha value is -3.09. The molecule has 1 saturated heterocycles. The molecule has 0 spiro atoms. The number of hydrogen-bond acceptors (Lipinski definition) is 9. The van der Waals surface area contributed by atoms with Crippen molar-refractivity contribution in [2.75, 3.05) is 27.9 Å². The third-order valence-corrected chi connectivity index (χ3v) is 6.49. The van der Waals surface area contributed by atoms with Gasteiger partial charge in [-0.05, 0) is 60.3 Å². The molecule has 0 atom stereocenters. The number of hydrogen-bond donors (Lipinski definition) is 1. The topological polar surface area (TPSA) is 103 Å². The number of hydrazine groups is 1. The number of benzene rings is 2. The molecular formula is C22H19BrN2O7S2. The van der Waals surface area contributed by atoms with E-state index in [-0.39, 0.29) is 10.9 Å². The predicted octanol–water partition coefficient (Wildman–Crippen LogP) is 3.56. The van der Waals surface area contributed by atoms with Crippen molar-refractivity contribution in [1.82, 2.24) is 10.4 Å². The number of thiocarbonyl (C=S) groups is 1. The van der Waals surface area contributed by atoms with Crippen LogP contribution in [0.4, 0.5) is 0 Å². The molecule has 9 nitrogen and oxygen atoms in total. The summed E-state index contributed by atoms with van der Waals surface area (Å²) in [5, 5.41) is 1.03. The van der Waals surface area contributed by atoms with Crippen LogP contribution in [0.1, 0.15) is 15.9 Å². The van der Waals surface area contributed by atoms with Crippen molar-refractivity contribution in [3.05, 3.63) is 56.9 Å². The molecule has 12 heteroatoms. The number of carbonyl (C=O) groups excluding carboxylic acids is 3. The highest BCUT2D eigenvalue weighted by molar-refractivity contribution is 9.10. The highest BCUT2D eigenvalue weighted by Gasteiger charge is 2.34. The minimum absolute atomic E-state index is 0.180. The lowest BCUT2D eigenvalue weighted by Crippen LogP contribution is -2.44. The summed E-state index contributed by atoms with van der Waals surface area (Å²) in [6, 6.07) is 9.69. The van der Waals surface area contributed by atoms with Crippen LogP contribution >= 0.6 is 39.9 Å². The van der Waals surface area contributed by atoms with Gasteiger partial charge in [-0.3, -0.25) is 15.0 Å². The fourth-order valence-corrected chi connectivity index (χ4v) is 4.35. The van der Waals surface area contributed by atoms with Crippen LogP contribution in [0.5, 0.6) is 17.2 Å². The second-order valence-corrected chi connectivity index (χ2v) is 9.11. The first-order valence-electron chi connectivity index (χ1n) is 9.57. The van der Waals surface area contributed by atoms with Gasteiger partial charge in [0.25, 0.3) is 11.8 Å². The first-order valence-corrected chi connectivity index (χ1v) is 11.6. The monoisotopic (exact) mass is 566 g/mol. The Bertz CT molecular complexity index is 1170. The van der Waals surface area contributed by atoms with Crippen LogP contribution in [0.15, 0.2) is 45.8 Å². The molecule has 2 aromatic carbocycles. The Labute approximate surface area is 213 Å². The number of ether oxygens (including phenoxy) is 4. The number of nitrogens with zero attached hydrogens (tertiary/aromatic N) is 1. The second kappa shape index (κ2) is 11.4. The van der Waals surface area contributed by atoms with Gasteiger partial charge >= 0.3 is 5.97 Å². The number of esters is 1. The number of nitrogens with one attached hydrogen (secondary N) is 1. The predicted molar refractivity (Wildman–Crippen MR) is 134 cm³/mol. The molecule has 2 amide bonds. The van der Waals surface area contributed by atoms with Crippen LogP contribution in [0.2, 0.25) is 0 Å². The average Bonchev–Trinajstić information content (AvgIpc) is 3.10. The van der Waals surface area contributed by atoms with Crippen molar-refractivity contribution in [2.45, 2.75) is 0 Å². The normalized spacial score (nSPS) is 14.2. The van der Waals surface area contributed by atoms with Gasteiger partial charge in [-0.2, -0.15) is 5.01 Å². The SMILES string of the molecule is COC(=O)COc1cc(Br)c(/C=C2/SC(=S)N(NC(=O)c3ccc(OC)cc3)C2=O)cc1OC. The Balaban J connectivity index is 1.78. The minimum Gasteiger partial charge on any atom is -0.497 e. The van der Waals surface area contributed by atoms with Crippen LogP contribution < -0.4 is 19.6 Å². The van der Waals surface area contributed by atoms with Gasteiger partial charge in [0.15, 0.2) is 22.4 Å². The first kappa shape index (κ1) is 25.5. The van der Waals surface area contributed by atoms with Gasteiger partial charge in [0, 0.05) is 10.0 Å². The van der Waals surface area contributed by atoms with E-state index in [2.05, 4.69) is 26.1 Å². The Morgan fingerprint density at radius 3 is 2.44 bits per heavy atom. The van der Waals surface area contributed by atoms with Gasteiger partial charge < -0.3 is 18.9 Å². The summed E-state index contributed by atoms with van der Waals surface area (Å²) in [5.74, 6) is -0.239. The van der Waals surface area contributed by atoms with Gasteiger partial charge in [-0.25, -0.2) is 4.79 Å². The maximum atomic E-state index is 12.9. The summed E-state index contributed by atoms with van der Waals surface area (Å²) in [6.07, 6.45) is 1.61. The fourth-order valence-electron chi connectivity index (χ4n) is 2.74. The molecule has 1 fully saturated rings. The van der Waals surface area contributed by atoms with E-state index in [0.29, 0.717) is 37.8 Å². The van der Waals surface area contributed by atoms with Crippen LogP contribution in [-0.2, 0) is 14.3 Å². The molecule has 2 aromatic rings. The average molecular weight is 567 g/mol. The number of halogens is 1. The number of rotatable bonds is 8. The van der Waals surface area contributed by atoms with Crippen molar-refractivity contribution in [3.8, 4) is 17.2 Å². The zero-order chi connectivity index (χ0) is 24.8. The molecule has 0 aliphatic carbocycles. The number of amides is 2. The molecule has 34 heavy (non-hydrogen) atoms. The molecule has 0 bridgehead atoms. The van der Waals surface area contributed by atoms with Crippen LogP contribution in [0.25, 0.3) is 6.08 Å². The maximum absolute atomic E-state index is 12.9. The summed E-state index contributed by atoms with van der Waals surface area (Å²) >= 11 is 9.76. The van der Waals surface area contributed by atoms with E-state index in [1.165, 1.54) is 21.3 Å². The summed E-state index contributed by atoms with van der Waals surface area (Å²) in [7, 11) is 4.24. The van der Waals surface area contributed by atoms with Crippen molar-refractivity contribution >= 4 is 68.1 Å². The Morgan fingerprint density at radius 1 is 1.12 bits per heavy atom. The zero-order valence-corrected chi connectivity index (χ0v) is 21.5. The summed E-state index contributed by atoms with van der Waals surface area (Å²) in [6.45, 7) is -0.287. The molecule has 1 aliphatic rings. The standard InChI is InChI=1S/C22H19BrN2O7S2/c1-29-14-6-4-12(5-7-14)20(27)24-25-21(28)18(34-22(25)33)9-13-8-16(30-2)17(10-15(13)23)32-11-19(26)31-3/h4-10H,11H2,1-3H3,(H,24,27)/b18-9+. The van der Waals surface area contributed by atoms with E-state index < -0.39 is 17.8 Å². The molecule has 0 unspecified atom stereocenters. The third kappa shape index (κ3) is 5.88. The largest absolute Gasteiger partial charge is 0.497 e. The highest BCUT2D eigenvalue weighted by Crippen LogP contribution is 2.37. The minimum atomic E-state index is -0.539. The molecule has 0 aromatic heterocycles. The quantitative estimate of drug-likeness (QED) is 0.291. The molecule has 3 rings (SSSR count). The lowest BCUT2D eigenvalue weighted by atomic mass is 10.2. The van der Waals surface area contributed by atoms with E-state index >= 15 is 0 Å². The maximum Gasteiger partial charge on any atom is 0.343 e. The zero-order valence-electron chi connectivity index (χ0n) is 18.2. The molecule has 1 N–H and O–H groups in total. The lowest BCUT2D eigenvalue weighted by Gasteiger charge is -2.15. The third-order valence-electron chi connectivity index (χ3n) is 4.50. The van der Waals surface area contributed by atoms with E-state index in [1.54, 1.807) is 42.5 Å². The number of methoxy groups -OCH3 is 3. The van der Waals surface area contributed by atoms with E-state index in [1.807, 2.05) is 0 Å². The lowest BCUT2D eigenvalue weighted by molar-refractivity contribution is -0.142. The molecular weight excluding hydrogens is 548 g/mol. The van der Waals surface area contributed by atoms with Gasteiger partial charge in [-0.1, -0.05) is 27.7 Å². The smallest absolute Gasteiger partial charge is 0.343 e. The Kier molecular flexibility index (Phi) is 8.53. The van der Waals surface area contributed by atoms with Gasteiger partial charge in [-0.15, -0.1) is 0 Å². The Morgan fingerprint density at radius 2 is 1.82 bits per heavy atom. The molecule has 1 aliphatic heterocycles. The fraction of sp³-hybridized carbons (Fsp3) is 0.182. The van der Waals surface area contributed by atoms with E-state index in [4.69, 9.17) is 26.4 Å². The number of carbonyl (C=O) groups is 3. The first-order chi connectivity index (χ1) is 16.3. The van der Waals surface area contributed by atoms with Crippen LogP contribution in [0, 0.1) is 0 Å². The summed E-state index contributed by atoms with van der Waals surface area (Å²) in [5.41, 5.74) is 3.47.